The van der Waals surface area contributed by atoms with Crippen LogP contribution in [0.1, 0.15) is 12.5 Å². The number of furan rings is 1. The zero-order chi connectivity index (χ0) is 21.1. The molecule has 1 aromatic heterocycles. The maximum Gasteiger partial charge on any atom is 0.244 e. The quantitative estimate of drug-likeness (QED) is 0.322. The number of methoxy groups -OCH3 is 1. The fourth-order valence-corrected chi connectivity index (χ4v) is 3.61. The van der Waals surface area contributed by atoms with Gasteiger partial charge in [-0.1, -0.05) is 42.5 Å². The SMILES string of the molecule is C=CCNC(=O)/C=C(\C)c1cc2c(-c3ccc4ccccc4c3)coc2cc1OC. The van der Waals surface area contributed by atoms with E-state index in [1.54, 1.807) is 25.5 Å². The van der Waals surface area contributed by atoms with Gasteiger partial charge in [0.05, 0.1) is 13.4 Å². The van der Waals surface area contributed by atoms with Crippen LogP contribution in [0.2, 0.25) is 0 Å². The minimum Gasteiger partial charge on any atom is -0.496 e. The van der Waals surface area contributed by atoms with Gasteiger partial charge in [0.1, 0.15) is 11.3 Å². The molecule has 0 atom stereocenters. The second kappa shape index (κ2) is 8.29. The van der Waals surface area contributed by atoms with Gasteiger partial charge < -0.3 is 14.5 Å². The number of carbonyl (C=O) groups excluding carboxylic acids is 1. The number of carbonyl (C=O) groups is 1. The van der Waals surface area contributed by atoms with Gasteiger partial charge in [0.15, 0.2) is 0 Å². The van der Waals surface area contributed by atoms with E-state index in [0.717, 1.165) is 33.2 Å². The molecule has 0 aliphatic rings. The Balaban J connectivity index is 1.81. The van der Waals surface area contributed by atoms with Crippen molar-refractivity contribution in [1.82, 2.24) is 5.32 Å². The summed E-state index contributed by atoms with van der Waals surface area (Å²) in [5, 5.41) is 6.11. The highest BCUT2D eigenvalue weighted by Gasteiger charge is 2.15. The molecule has 0 fully saturated rings. The van der Waals surface area contributed by atoms with Crippen molar-refractivity contribution < 1.29 is 13.9 Å². The Bertz CT molecular complexity index is 1280. The lowest BCUT2D eigenvalue weighted by Gasteiger charge is -2.10. The molecule has 1 N–H and O–H groups in total. The van der Waals surface area contributed by atoms with E-state index in [-0.39, 0.29) is 5.91 Å². The van der Waals surface area contributed by atoms with Gasteiger partial charge in [-0.05, 0) is 41.0 Å². The van der Waals surface area contributed by atoms with Gasteiger partial charge in [0.25, 0.3) is 0 Å². The Morgan fingerprint density at radius 1 is 1.13 bits per heavy atom. The summed E-state index contributed by atoms with van der Waals surface area (Å²) in [5.41, 5.74) is 4.48. The van der Waals surface area contributed by atoms with E-state index in [2.05, 4.69) is 42.2 Å². The number of hydrogen-bond acceptors (Lipinski definition) is 3. The molecule has 4 rings (SSSR count). The molecular weight excluding hydrogens is 374 g/mol. The van der Waals surface area contributed by atoms with Gasteiger partial charge in [0, 0.05) is 35.2 Å². The Morgan fingerprint density at radius 2 is 1.93 bits per heavy atom. The Kier molecular flexibility index (Phi) is 5.40. The molecule has 4 heteroatoms. The average molecular weight is 397 g/mol. The van der Waals surface area contributed by atoms with Gasteiger partial charge in [-0.3, -0.25) is 4.79 Å². The fourth-order valence-electron chi connectivity index (χ4n) is 3.61. The normalized spacial score (nSPS) is 11.6. The maximum absolute atomic E-state index is 12.1. The first-order valence-corrected chi connectivity index (χ1v) is 9.76. The largest absolute Gasteiger partial charge is 0.496 e. The Hall–Kier alpha value is -3.79. The van der Waals surface area contributed by atoms with E-state index in [1.165, 1.54) is 10.8 Å². The predicted octanol–water partition coefficient (Wildman–Crippen LogP) is 5.97. The third-order valence-electron chi connectivity index (χ3n) is 5.15. The van der Waals surface area contributed by atoms with Crippen molar-refractivity contribution in [3.05, 3.63) is 85.2 Å². The topological polar surface area (TPSA) is 51.5 Å². The average Bonchev–Trinajstić information content (AvgIpc) is 3.19. The van der Waals surface area contributed by atoms with Gasteiger partial charge in [-0.25, -0.2) is 0 Å². The number of hydrogen-bond donors (Lipinski definition) is 1. The number of benzene rings is 3. The number of nitrogens with one attached hydrogen (secondary N) is 1. The summed E-state index contributed by atoms with van der Waals surface area (Å²) in [6.45, 7) is 5.94. The van der Waals surface area contributed by atoms with Crippen molar-refractivity contribution in [1.29, 1.82) is 0 Å². The summed E-state index contributed by atoms with van der Waals surface area (Å²) in [6, 6.07) is 18.5. The molecule has 30 heavy (non-hydrogen) atoms. The van der Waals surface area contributed by atoms with Crippen LogP contribution in [-0.4, -0.2) is 19.6 Å². The van der Waals surface area contributed by atoms with Crippen LogP contribution in [0.25, 0.3) is 38.4 Å². The van der Waals surface area contributed by atoms with E-state index in [9.17, 15) is 4.79 Å². The van der Waals surface area contributed by atoms with Crippen LogP contribution in [-0.2, 0) is 4.79 Å². The molecule has 0 radical (unpaired) electrons. The molecule has 0 aliphatic heterocycles. The Morgan fingerprint density at radius 3 is 2.70 bits per heavy atom. The zero-order valence-corrected chi connectivity index (χ0v) is 17.1. The van der Waals surface area contributed by atoms with Gasteiger partial charge in [-0.15, -0.1) is 6.58 Å². The number of rotatable bonds is 6. The van der Waals surface area contributed by atoms with Gasteiger partial charge in [0.2, 0.25) is 5.91 Å². The first-order valence-electron chi connectivity index (χ1n) is 9.76. The van der Waals surface area contributed by atoms with Crippen molar-refractivity contribution >= 4 is 33.2 Å². The molecule has 1 heterocycles. The lowest BCUT2D eigenvalue weighted by molar-refractivity contribution is -0.116. The van der Waals surface area contributed by atoms with E-state index < -0.39 is 0 Å². The Labute approximate surface area is 175 Å². The first-order chi connectivity index (χ1) is 14.6. The maximum atomic E-state index is 12.1. The lowest BCUT2D eigenvalue weighted by atomic mass is 9.97. The molecule has 0 saturated heterocycles. The van der Waals surface area contributed by atoms with Crippen LogP contribution < -0.4 is 10.1 Å². The van der Waals surface area contributed by atoms with Crippen LogP contribution >= 0.6 is 0 Å². The standard InChI is InChI=1S/C26H23NO3/c1-4-11-27-26(28)12-17(2)21-14-22-23(16-30-25(22)15-24(21)29-3)20-10-9-18-7-5-6-8-19(18)13-20/h4-10,12-16H,1,11H2,2-3H3,(H,27,28)/b17-12+. The van der Waals surface area contributed by atoms with Crippen LogP contribution in [0.5, 0.6) is 5.75 Å². The van der Waals surface area contributed by atoms with Gasteiger partial charge >= 0.3 is 0 Å². The molecule has 0 unspecified atom stereocenters. The molecule has 1 amide bonds. The van der Waals surface area contributed by atoms with Crippen LogP contribution in [0.15, 0.2) is 84.0 Å². The third-order valence-corrected chi connectivity index (χ3v) is 5.15. The van der Waals surface area contributed by atoms with E-state index in [4.69, 9.17) is 9.15 Å². The van der Waals surface area contributed by atoms with Crippen molar-refractivity contribution in [3.8, 4) is 16.9 Å². The highest BCUT2D eigenvalue weighted by molar-refractivity contribution is 6.01. The molecule has 4 nitrogen and oxygen atoms in total. The van der Waals surface area contributed by atoms with Crippen LogP contribution in [0, 0.1) is 0 Å². The van der Waals surface area contributed by atoms with Crippen molar-refractivity contribution in [3.63, 3.8) is 0 Å². The second-order valence-electron chi connectivity index (χ2n) is 7.12. The minimum atomic E-state index is -0.170. The summed E-state index contributed by atoms with van der Waals surface area (Å²) in [4.78, 5) is 12.1. The predicted molar refractivity (Wildman–Crippen MR) is 123 cm³/mol. The summed E-state index contributed by atoms with van der Waals surface area (Å²) < 4.78 is 11.4. The molecule has 0 bridgehead atoms. The lowest BCUT2D eigenvalue weighted by Crippen LogP contribution is -2.20. The molecule has 4 aromatic rings. The highest BCUT2D eigenvalue weighted by Crippen LogP contribution is 2.38. The molecule has 0 saturated carbocycles. The summed E-state index contributed by atoms with van der Waals surface area (Å²) in [6.07, 6.45) is 4.99. The molecule has 150 valence electrons. The molecule has 3 aromatic carbocycles. The van der Waals surface area contributed by atoms with E-state index in [1.807, 2.05) is 31.2 Å². The van der Waals surface area contributed by atoms with Crippen molar-refractivity contribution in [2.75, 3.05) is 13.7 Å². The number of ether oxygens (including phenoxy) is 1. The first kappa shape index (κ1) is 19.5. The molecule has 0 spiro atoms. The third kappa shape index (κ3) is 3.72. The van der Waals surface area contributed by atoms with Crippen molar-refractivity contribution in [2.24, 2.45) is 0 Å². The highest BCUT2D eigenvalue weighted by atomic mass is 16.5. The number of amides is 1. The summed E-state index contributed by atoms with van der Waals surface area (Å²) in [5.74, 6) is 0.490. The van der Waals surface area contributed by atoms with E-state index in [0.29, 0.717) is 12.3 Å². The zero-order valence-electron chi connectivity index (χ0n) is 17.1. The number of allylic oxidation sites excluding steroid dienone is 1. The number of fused-ring (bicyclic) bond motifs is 2. The minimum absolute atomic E-state index is 0.170. The monoisotopic (exact) mass is 397 g/mol. The van der Waals surface area contributed by atoms with Crippen LogP contribution in [0.4, 0.5) is 0 Å². The molecular formula is C26H23NO3. The summed E-state index contributed by atoms with van der Waals surface area (Å²) in [7, 11) is 1.61. The fraction of sp³-hybridized carbons (Fsp3) is 0.115. The van der Waals surface area contributed by atoms with Gasteiger partial charge in [-0.2, -0.15) is 0 Å². The van der Waals surface area contributed by atoms with Crippen LogP contribution in [0.3, 0.4) is 0 Å². The smallest absolute Gasteiger partial charge is 0.244 e. The van der Waals surface area contributed by atoms with Crippen molar-refractivity contribution in [2.45, 2.75) is 6.92 Å². The second-order valence-corrected chi connectivity index (χ2v) is 7.12. The van der Waals surface area contributed by atoms with E-state index >= 15 is 0 Å². The molecule has 0 aliphatic carbocycles. The summed E-state index contributed by atoms with van der Waals surface area (Å²) >= 11 is 0.